The minimum absolute atomic E-state index is 0.0404. The standard InChI is InChI=1S/C19H12F5N3O2/c1-8-19(25-7-12(26-8)9-2-4-10(28)5-3-9)27-13(29)6-11-14(20)16(22)18(24)17(23)15(11)21/h2-5,7,28H,6H2,1H3,(H,25,27,29). The fraction of sp³-hybridized carbons (Fsp3) is 0.105. The number of benzene rings is 2. The minimum Gasteiger partial charge on any atom is -0.508 e. The zero-order valence-corrected chi connectivity index (χ0v) is 14.7. The maximum atomic E-state index is 13.7. The third-order valence-corrected chi connectivity index (χ3v) is 4.01. The Morgan fingerprint density at radius 3 is 2.07 bits per heavy atom. The molecule has 0 atom stereocenters. The van der Waals surface area contributed by atoms with Gasteiger partial charge >= 0.3 is 0 Å². The molecule has 0 aliphatic carbocycles. The molecular weight excluding hydrogens is 397 g/mol. The number of phenols is 1. The lowest BCUT2D eigenvalue weighted by Gasteiger charge is -2.10. The molecule has 29 heavy (non-hydrogen) atoms. The predicted octanol–water partition coefficient (Wildman–Crippen LogP) is 4.03. The van der Waals surface area contributed by atoms with Gasteiger partial charge < -0.3 is 10.4 Å². The van der Waals surface area contributed by atoms with E-state index in [1.807, 2.05) is 0 Å². The highest BCUT2D eigenvalue weighted by molar-refractivity contribution is 5.92. The quantitative estimate of drug-likeness (QED) is 0.388. The molecule has 0 unspecified atom stereocenters. The molecule has 3 aromatic rings. The summed E-state index contributed by atoms with van der Waals surface area (Å²) in [6.07, 6.45) is 0.222. The Morgan fingerprint density at radius 1 is 0.966 bits per heavy atom. The van der Waals surface area contributed by atoms with Gasteiger partial charge in [-0.3, -0.25) is 4.79 Å². The Balaban J connectivity index is 1.81. The normalized spacial score (nSPS) is 10.8. The smallest absolute Gasteiger partial charge is 0.230 e. The molecule has 2 N–H and O–H groups in total. The average molecular weight is 409 g/mol. The van der Waals surface area contributed by atoms with Gasteiger partial charge in [0.1, 0.15) is 5.75 Å². The zero-order valence-electron chi connectivity index (χ0n) is 14.7. The van der Waals surface area contributed by atoms with Crippen molar-refractivity contribution in [2.24, 2.45) is 0 Å². The molecule has 5 nitrogen and oxygen atoms in total. The number of aryl methyl sites for hydroxylation is 1. The number of halogens is 5. The molecule has 0 radical (unpaired) electrons. The van der Waals surface area contributed by atoms with E-state index in [0.29, 0.717) is 11.3 Å². The monoisotopic (exact) mass is 409 g/mol. The second-order valence-electron chi connectivity index (χ2n) is 6.01. The first kappa shape index (κ1) is 20.2. The number of hydrogen-bond donors (Lipinski definition) is 2. The summed E-state index contributed by atoms with van der Waals surface area (Å²) < 4.78 is 67.0. The molecule has 10 heteroatoms. The first-order valence-electron chi connectivity index (χ1n) is 8.12. The van der Waals surface area contributed by atoms with Crippen LogP contribution in [0.4, 0.5) is 27.8 Å². The van der Waals surface area contributed by atoms with Gasteiger partial charge in [-0.15, -0.1) is 0 Å². The fourth-order valence-electron chi connectivity index (χ4n) is 2.52. The molecule has 2 aromatic carbocycles. The summed E-state index contributed by atoms with van der Waals surface area (Å²) >= 11 is 0. The van der Waals surface area contributed by atoms with E-state index in [-0.39, 0.29) is 17.3 Å². The topological polar surface area (TPSA) is 75.1 Å². The molecular formula is C19H12F5N3O2. The molecule has 0 bridgehead atoms. The largest absolute Gasteiger partial charge is 0.508 e. The summed E-state index contributed by atoms with van der Waals surface area (Å²) in [6, 6.07) is 6.10. The van der Waals surface area contributed by atoms with E-state index in [1.54, 1.807) is 12.1 Å². The predicted molar refractivity (Wildman–Crippen MR) is 92.4 cm³/mol. The molecule has 0 fully saturated rings. The number of nitrogens with zero attached hydrogens (tertiary/aromatic N) is 2. The molecule has 3 rings (SSSR count). The Bertz CT molecular complexity index is 1070. The number of amides is 1. The number of aromatic nitrogens is 2. The highest BCUT2D eigenvalue weighted by atomic mass is 19.2. The van der Waals surface area contributed by atoms with Crippen LogP contribution in [0.1, 0.15) is 11.3 Å². The van der Waals surface area contributed by atoms with E-state index in [2.05, 4.69) is 15.3 Å². The number of phenolic OH excluding ortho intramolecular Hbond substituents is 1. The van der Waals surface area contributed by atoms with Gasteiger partial charge in [0.2, 0.25) is 11.7 Å². The first-order chi connectivity index (χ1) is 13.7. The molecule has 0 saturated heterocycles. The lowest BCUT2D eigenvalue weighted by Crippen LogP contribution is -2.19. The van der Waals surface area contributed by atoms with Crippen LogP contribution in [-0.2, 0) is 11.2 Å². The summed E-state index contributed by atoms with van der Waals surface area (Å²) in [5.74, 6) is -11.7. The van der Waals surface area contributed by atoms with Crippen LogP contribution < -0.4 is 5.32 Å². The summed E-state index contributed by atoms with van der Waals surface area (Å²) in [5.41, 5.74) is 0.0736. The van der Waals surface area contributed by atoms with Gasteiger partial charge in [-0.05, 0) is 31.2 Å². The lowest BCUT2D eigenvalue weighted by molar-refractivity contribution is -0.115. The van der Waals surface area contributed by atoms with E-state index in [0.717, 1.165) is 0 Å². The number of aromatic hydroxyl groups is 1. The Kier molecular flexibility index (Phi) is 5.44. The van der Waals surface area contributed by atoms with Crippen molar-refractivity contribution < 1.29 is 31.9 Å². The van der Waals surface area contributed by atoms with Gasteiger partial charge in [-0.2, -0.15) is 0 Å². The highest BCUT2D eigenvalue weighted by Crippen LogP contribution is 2.24. The van der Waals surface area contributed by atoms with Gasteiger partial charge in [-0.1, -0.05) is 0 Å². The van der Waals surface area contributed by atoms with Gasteiger partial charge in [0.05, 0.1) is 24.0 Å². The molecule has 150 valence electrons. The third-order valence-electron chi connectivity index (χ3n) is 4.01. The summed E-state index contributed by atoms with van der Waals surface area (Å²) in [4.78, 5) is 20.3. The summed E-state index contributed by atoms with van der Waals surface area (Å²) in [7, 11) is 0. The number of nitrogens with one attached hydrogen (secondary N) is 1. The highest BCUT2D eigenvalue weighted by Gasteiger charge is 2.27. The van der Waals surface area contributed by atoms with E-state index in [1.165, 1.54) is 25.3 Å². The number of carbonyl (C=O) groups is 1. The van der Waals surface area contributed by atoms with Crippen molar-refractivity contribution in [3.05, 3.63) is 70.8 Å². The van der Waals surface area contributed by atoms with Crippen molar-refractivity contribution >= 4 is 11.7 Å². The summed E-state index contributed by atoms with van der Waals surface area (Å²) in [5, 5.41) is 11.5. The molecule has 1 amide bonds. The van der Waals surface area contributed by atoms with Crippen LogP contribution in [0.25, 0.3) is 11.3 Å². The molecule has 1 heterocycles. The van der Waals surface area contributed by atoms with Crippen LogP contribution in [0.2, 0.25) is 0 Å². The summed E-state index contributed by atoms with van der Waals surface area (Å²) in [6.45, 7) is 1.50. The minimum atomic E-state index is -2.30. The number of hydrogen-bond acceptors (Lipinski definition) is 4. The van der Waals surface area contributed by atoms with E-state index >= 15 is 0 Å². The van der Waals surface area contributed by atoms with Crippen LogP contribution in [-0.4, -0.2) is 21.0 Å². The second-order valence-corrected chi connectivity index (χ2v) is 6.01. The number of carbonyl (C=O) groups excluding carboxylic acids is 1. The number of rotatable bonds is 4. The van der Waals surface area contributed by atoms with Gasteiger partial charge in [-0.25, -0.2) is 31.9 Å². The van der Waals surface area contributed by atoms with Gasteiger partial charge in [0, 0.05) is 11.1 Å². The number of anilines is 1. The molecule has 0 aliphatic rings. The molecule has 0 saturated carbocycles. The van der Waals surface area contributed by atoms with Crippen molar-refractivity contribution in [3.63, 3.8) is 0 Å². The van der Waals surface area contributed by atoms with Crippen molar-refractivity contribution in [1.82, 2.24) is 9.97 Å². The van der Waals surface area contributed by atoms with Crippen molar-refractivity contribution in [3.8, 4) is 17.0 Å². The molecule has 0 spiro atoms. The van der Waals surface area contributed by atoms with Crippen molar-refractivity contribution in [2.45, 2.75) is 13.3 Å². The first-order valence-corrected chi connectivity index (χ1v) is 8.12. The van der Waals surface area contributed by atoms with Crippen molar-refractivity contribution in [2.75, 3.05) is 5.32 Å². The van der Waals surface area contributed by atoms with Crippen LogP contribution >= 0.6 is 0 Å². The van der Waals surface area contributed by atoms with Crippen LogP contribution in [0, 0.1) is 36.0 Å². The van der Waals surface area contributed by atoms with E-state index < -0.39 is 47.0 Å². The lowest BCUT2D eigenvalue weighted by atomic mass is 10.1. The maximum Gasteiger partial charge on any atom is 0.230 e. The van der Waals surface area contributed by atoms with E-state index in [4.69, 9.17) is 0 Å². The average Bonchev–Trinajstić information content (AvgIpc) is 2.70. The SMILES string of the molecule is Cc1nc(-c2ccc(O)cc2)cnc1NC(=O)Cc1c(F)c(F)c(F)c(F)c1F. The molecule has 1 aromatic heterocycles. The Morgan fingerprint density at radius 2 is 1.52 bits per heavy atom. The zero-order chi connectivity index (χ0) is 21.3. The maximum absolute atomic E-state index is 13.7. The van der Waals surface area contributed by atoms with Crippen LogP contribution in [0.3, 0.4) is 0 Å². The Hall–Kier alpha value is -3.56. The van der Waals surface area contributed by atoms with Crippen LogP contribution in [0.15, 0.2) is 30.5 Å². The fourth-order valence-corrected chi connectivity index (χ4v) is 2.52. The Labute approximate surface area is 160 Å². The van der Waals surface area contributed by atoms with E-state index in [9.17, 15) is 31.9 Å². The van der Waals surface area contributed by atoms with Crippen LogP contribution in [0.5, 0.6) is 5.75 Å². The second kappa shape index (κ2) is 7.82. The van der Waals surface area contributed by atoms with Crippen molar-refractivity contribution in [1.29, 1.82) is 0 Å². The third kappa shape index (κ3) is 4.00. The molecule has 0 aliphatic heterocycles. The van der Waals surface area contributed by atoms with Gasteiger partial charge in [0.15, 0.2) is 29.1 Å². The van der Waals surface area contributed by atoms with Gasteiger partial charge in [0.25, 0.3) is 0 Å².